The van der Waals surface area contributed by atoms with Crippen LogP contribution in [-0.4, -0.2) is 39.0 Å². The molecule has 2 aromatic rings. The maximum Gasteiger partial charge on any atom is 0.224 e. The van der Waals surface area contributed by atoms with Crippen LogP contribution in [0.1, 0.15) is 12.0 Å². The predicted molar refractivity (Wildman–Crippen MR) is 104 cm³/mol. The van der Waals surface area contributed by atoms with Crippen LogP contribution in [0.3, 0.4) is 0 Å². The zero-order valence-corrected chi connectivity index (χ0v) is 15.8. The number of amides is 1. The first-order chi connectivity index (χ1) is 12.5. The van der Waals surface area contributed by atoms with Crippen LogP contribution in [0.2, 0.25) is 0 Å². The lowest BCUT2D eigenvalue weighted by Crippen LogP contribution is -2.25. The lowest BCUT2D eigenvalue weighted by atomic mass is 10.2. The van der Waals surface area contributed by atoms with Crippen LogP contribution in [0.15, 0.2) is 42.6 Å². The zero-order chi connectivity index (χ0) is 18.5. The molecule has 3 rings (SSSR count). The number of pyridine rings is 1. The number of halogens is 1. The molecule has 8 heteroatoms. The molecule has 1 saturated heterocycles. The van der Waals surface area contributed by atoms with E-state index in [9.17, 15) is 9.18 Å². The van der Waals surface area contributed by atoms with Gasteiger partial charge >= 0.3 is 0 Å². The quantitative estimate of drug-likeness (QED) is 0.789. The van der Waals surface area contributed by atoms with Gasteiger partial charge < -0.3 is 15.0 Å². The number of hydrogen-bond donors (Lipinski definition) is 1. The van der Waals surface area contributed by atoms with Gasteiger partial charge in [0.1, 0.15) is 15.9 Å². The Hall–Kier alpha value is -2.19. The van der Waals surface area contributed by atoms with E-state index in [1.54, 1.807) is 31.4 Å². The van der Waals surface area contributed by atoms with Crippen molar-refractivity contribution in [3.63, 3.8) is 0 Å². The summed E-state index contributed by atoms with van der Waals surface area (Å²) in [5, 5.41) is 3.10. The lowest BCUT2D eigenvalue weighted by Gasteiger charge is -2.16. The molecule has 136 valence electrons. The second-order valence-corrected chi connectivity index (χ2v) is 7.79. The molecule has 2 heterocycles. The molecule has 1 fully saturated rings. The molecule has 1 aromatic carbocycles. The van der Waals surface area contributed by atoms with Crippen molar-refractivity contribution in [1.82, 2.24) is 15.2 Å². The van der Waals surface area contributed by atoms with E-state index in [4.69, 9.17) is 17.0 Å². The van der Waals surface area contributed by atoms with Crippen LogP contribution in [0.25, 0.3) is 0 Å². The summed E-state index contributed by atoms with van der Waals surface area (Å²) < 4.78 is 19.2. The Balaban J connectivity index is 1.56. The minimum Gasteiger partial charge on any atom is -0.439 e. The van der Waals surface area contributed by atoms with Crippen molar-refractivity contribution in [2.45, 2.75) is 18.2 Å². The Kier molecular flexibility index (Phi) is 6.05. The number of nitrogens with zero attached hydrogens (tertiary/aromatic N) is 2. The van der Waals surface area contributed by atoms with Crippen molar-refractivity contribution in [1.29, 1.82) is 0 Å². The number of thiocarbonyl (C=S) groups is 1. The largest absolute Gasteiger partial charge is 0.439 e. The van der Waals surface area contributed by atoms with E-state index in [1.165, 1.54) is 23.9 Å². The van der Waals surface area contributed by atoms with Gasteiger partial charge in [-0.2, -0.15) is 0 Å². The predicted octanol–water partition coefficient (Wildman–Crippen LogP) is 3.35. The van der Waals surface area contributed by atoms with Crippen LogP contribution in [0.5, 0.6) is 11.6 Å². The molecule has 0 radical (unpaired) electrons. The van der Waals surface area contributed by atoms with Crippen LogP contribution < -0.4 is 10.1 Å². The van der Waals surface area contributed by atoms with Gasteiger partial charge in [-0.15, -0.1) is 0 Å². The van der Waals surface area contributed by atoms with Crippen LogP contribution in [0, 0.1) is 5.82 Å². The molecule has 26 heavy (non-hydrogen) atoms. The van der Waals surface area contributed by atoms with Gasteiger partial charge in [-0.05, 0) is 29.8 Å². The molecule has 0 unspecified atom stereocenters. The summed E-state index contributed by atoms with van der Waals surface area (Å²) >= 11 is 6.68. The van der Waals surface area contributed by atoms with Crippen LogP contribution in [0.4, 0.5) is 4.39 Å². The molecule has 1 amide bonds. The van der Waals surface area contributed by atoms with E-state index < -0.39 is 0 Å². The van der Waals surface area contributed by atoms with E-state index in [0.29, 0.717) is 35.5 Å². The average molecular weight is 391 g/mol. The fraction of sp³-hybridized carbons (Fsp3) is 0.278. The Morgan fingerprint density at radius 1 is 1.38 bits per heavy atom. The molecule has 5 nitrogen and oxygen atoms in total. The first-order valence-corrected chi connectivity index (χ1v) is 9.37. The Labute approximate surface area is 160 Å². The smallest absolute Gasteiger partial charge is 0.224 e. The van der Waals surface area contributed by atoms with Crippen molar-refractivity contribution < 1.29 is 13.9 Å². The van der Waals surface area contributed by atoms with Crippen molar-refractivity contribution in [2.75, 3.05) is 13.6 Å². The lowest BCUT2D eigenvalue weighted by molar-refractivity contribution is -0.128. The van der Waals surface area contributed by atoms with Gasteiger partial charge in [0.25, 0.3) is 0 Å². The van der Waals surface area contributed by atoms with Crippen LogP contribution >= 0.6 is 24.0 Å². The Morgan fingerprint density at radius 2 is 2.15 bits per heavy atom. The number of carbonyl (C=O) groups excluding carboxylic acids is 1. The molecule has 1 atom stereocenters. The standard InChI is InChI=1S/C18H18FN3O2S2/c1-20-18(25)26-15-8-17(23)22(11-15)10-12-2-7-16(21-9-12)24-14-5-3-13(19)4-6-14/h2-7,9,15H,8,10-11H2,1H3,(H,20,25)/t15-/m1/s1. The number of nitrogens with one attached hydrogen (secondary N) is 1. The minimum atomic E-state index is -0.317. The summed E-state index contributed by atoms with van der Waals surface area (Å²) in [7, 11) is 1.78. The van der Waals surface area contributed by atoms with Gasteiger partial charge in [0.2, 0.25) is 11.8 Å². The topological polar surface area (TPSA) is 54.5 Å². The molecule has 1 aliphatic rings. The molecule has 0 aliphatic carbocycles. The van der Waals surface area contributed by atoms with Gasteiger partial charge in [0, 0.05) is 44.1 Å². The fourth-order valence-electron chi connectivity index (χ4n) is 2.59. The third kappa shape index (κ3) is 4.92. The molecule has 1 aliphatic heterocycles. The number of ether oxygens (including phenoxy) is 1. The first kappa shape index (κ1) is 18.6. The SMILES string of the molecule is CNC(=S)S[C@@H]1CC(=O)N(Cc2ccc(Oc3ccc(F)cc3)nc2)C1. The average Bonchev–Trinajstić information content (AvgIpc) is 2.97. The zero-order valence-electron chi connectivity index (χ0n) is 14.1. The number of aromatic nitrogens is 1. The number of carbonyl (C=O) groups is 1. The highest BCUT2D eigenvalue weighted by molar-refractivity contribution is 8.23. The number of thioether (sulfide) groups is 1. The number of benzene rings is 1. The number of hydrogen-bond acceptors (Lipinski definition) is 5. The third-order valence-electron chi connectivity index (χ3n) is 3.86. The second kappa shape index (κ2) is 8.46. The summed E-state index contributed by atoms with van der Waals surface area (Å²) in [6.45, 7) is 1.17. The molecule has 1 aromatic heterocycles. The van der Waals surface area contributed by atoms with Gasteiger partial charge in [0.05, 0.1) is 0 Å². The van der Waals surface area contributed by atoms with Crippen LogP contribution in [-0.2, 0) is 11.3 Å². The van der Waals surface area contributed by atoms with E-state index >= 15 is 0 Å². The van der Waals surface area contributed by atoms with Gasteiger partial charge in [0.15, 0.2) is 0 Å². The molecule has 0 spiro atoms. The summed E-state index contributed by atoms with van der Waals surface area (Å²) in [6, 6.07) is 9.36. The van der Waals surface area contributed by atoms with Crippen molar-refractivity contribution in [3.05, 3.63) is 54.0 Å². The van der Waals surface area contributed by atoms with E-state index in [2.05, 4.69) is 10.3 Å². The highest BCUT2D eigenvalue weighted by atomic mass is 32.2. The second-order valence-electron chi connectivity index (χ2n) is 5.82. The Bertz CT molecular complexity index is 784. The monoisotopic (exact) mass is 391 g/mol. The first-order valence-electron chi connectivity index (χ1n) is 8.08. The normalized spacial score (nSPS) is 16.6. The maximum atomic E-state index is 12.9. The van der Waals surface area contributed by atoms with Crippen molar-refractivity contribution in [2.24, 2.45) is 0 Å². The van der Waals surface area contributed by atoms with E-state index in [-0.39, 0.29) is 17.0 Å². The molecular weight excluding hydrogens is 373 g/mol. The van der Waals surface area contributed by atoms with E-state index in [0.717, 1.165) is 5.56 Å². The summed E-state index contributed by atoms with van der Waals surface area (Å²) in [5.74, 6) is 0.735. The fourth-order valence-corrected chi connectivity index (χ4v) is 3.90. The summed E-state index contributed by atoms with van der Waals surface area (Å²) in [5.41, 5.74) is 0.923. The third-order valence-corrected chi connectivity index (χ3v) is 5.42. The molecule has 0 bridgehead atoms. The molecule has 1 N–H and O–H groups in total. The number of likely N-dealkylation sites (tertiary alicyclic amines) is 1. The van der Waals surface area contributed by atoms with Crippen molar-refractivity contribution >= 4 is 34.2 Å². The number of rotatable bonds is 5. The maximum absolute atomic E-state index is 12.9. The van der Waals surface area contributed by atoms with E-state index in [1.807, 2.05) is 11.0 Å². The van der Waals surface area contributed by atoms with Crippen molar-refractivity contribution in [3.8, 4) is 11.6 Å². The summed E-state index contributed by atoms with van der Waals surface area (Å²) in [6.07, 6.45) is 2.18. The van der Waals surface area contributed by atoms with Gasteiger partial charge in [-0.1, -0.05) is 30.0 Å². The highest BCUT2D eigenvalue weighted by Gasteiger charge is 2.30. The molecular formula is C18H18FN3O2S2. The molecule has 0 saturated carbocycles. The minimum absolute atomic E-state index is 0.119. The van der Waals surface area contributed by atoms with Gasteiger partial charge in [-0.25, -0.2) is 9.37 Å². The van der Waals surface area contributed by atoms with Gasteiger partial charge in [-0.3, -0.25) is 4.79 Å². The Morgan fingerprint density at radius 3 is 2.81 bits per heavy atom. The highest BCUT2D eigenvalue weighted by Crippen LogP contribution is 2.26. The summed E-state index contributed by atoms with van der Waals surface area (Å²) in [4.78, 5) is 18.2.